The van der Waals surface area contributed by atoms with Gasteiger partial charge in [-0.15, -0.1) is 0 Å². The van der Waals surface area contributed by atoms with Crippen LogP contribution in [-0.2, 0) is 23.0 Å². The number of carbonyl (C=O) groups is 1. The van der Waals surface area contributed by atoms with Crippen molar-refractivity contribution in [2.45, 2.75) is 17.9 Å². The Morgan fingerprint density at radius 2 is 1.82 bits per heavy atom. The number of hydrogen-bond donors (Lipinski definition) is 3. The zero-order chi connectivity index (χ0) is 20.0. The SMILES string of the molecule is O=C(O)c1ccc(NCc2ccco2)c(S(=O)(=O)NCCc2ccccc2)c1. The van der Waals surface area contributed by atoms with Crippen molar-refractivity contribution in [3.05, 3.63) is 83.8 Å². The summed E-state index contributed by atoms with van der Waals surface area (Å²) in [5.74, 6) is -0.569. The minimum atomic E-state index is -3.91. The number of aromatic carboxylic acids is 1. The summed E-state index contributed by atoms with van der Waals surface area (Å²) in [5.41, 5.74) is 1.20. The molecule has 7 nitrogen and oxygen atoms in total. The van der Waals surface area contributed by atoms with E-state index in [-0.39, 0.29) is 23.5 Å². The first-order chi connectivity index (χ1) is 13.5. The van der Waals surface area contributed by atoms with E-state index in [1.807, 2.05) is 30.3 Å². The molecule has 0 aliphatic carbocycles. The highest BCUT2D eigenvalue weighted by atomic mass is 32.2. The first-order valence-corrected chi connectivity index (χ1v) is 10.1. The molecule has 0 bridgehead atoms. The molecule has 0 spiro atoms. The largest absolute Gasteiger partial charge is 0.478 e. The molecule has 0 atom stereocenters. The van der Waals surface area contributed by atoms with E-state index in [1.54, 1.807) is 12.1 Å². The van der Waals surface area contributed by atoms with Crippen molar-refractivity contribution in [1.29, 1.82) is 0 Å². The van der Waals surface area contributed by atoms with Crippen molar-refractivity contribution >= 4 is 21.7 Å². The quantitative estimate of drug-likeness (QED) is 0.509. The van der Waals surface area contributed by atoms with Crippen LogP contribution in [0.1, 0.15) is 21.7 Å². The zero-order valence-electron chi connectivity index (χ0n) is 15.0. The zero-order valence-corrected chi connectivity index (χ0v) is 15.8. The van der Waals surface area contributed by atoms with Gasteiger partial charge in [0, 0.05) is 6.54 Å². The molecule has 3 N–H and O–H groups in total. The molecule has 2 aromatic carbocycles. The molecular formula is C20H20N2O5S. The molecular weight excluding hydrogens is 380 g/mol. The van der Waals surface area contributed by atoms with E-state index < -0.39 is 16.0 Å². The van der Waals surface area contributed by atoms with E-state index >= 15 is 0 Å². The van der Waals surface area contributed by atoms with Gasteiger partial charge in [-0.25, -0.2) is 17.9 Å². The summed E-state index contributed by atoms with van der Waals surface area (Å²) >= 11 is 0. The highest BCUT2D eigenvalue weighted by Gasteiger charge is 2.20. The molecule has 0 saturated carbocycles. The van der Waals surface area contributed by atoms with Crippen LogP contribution in [0.25, 0.3) is 0 Å². The number of anilines is 1. The Hall–Kier alpha value is -3.10. The van der Waals surface area contributed by atoms with Crippen molar-refractivity contribution in [3.8, 4) is 0 Å². The second-order valence-electron chi connectivity index (χ2n) is 6.08. The highest BCUT2D eigenvalue weighted by Crippen LogP contribution is 2.24. The summed E-state index contributed by atoms with van der Waals surface area (Å²) in [6.45, 7) is 0.465. The van der Waals surface area contributed by atoms with Gasteiger partial charge in [-0.1, -0.05) is 30.3 Å². The van der Waals surface area contributed by atoms with Crippen LogP contribution in [0.3, 0.4) is 0 Å². The molecule has 0 aliphatic rings. The molecule has 0 amide bonds. The Kier molecular flexibility index (Phi) is 6.13. The lowest BCUT2D eigenvalue weighted by Crippen LogP contribution is -2.27. The van der Waals surface area contributed by atoms with E-state index in [9.17, 15) is 18.3 Å². The van der Waals surface area contributed by atoms with Crippen molar-refractivity contribution in [2.24, 2.45) is 0 Å². The van der Waals surface area contributed by atoms with Gasteiger partial charge in [-0.2, -0.15) is 0 Å². The van der Waals surface area contributed by atoms with E-state index in [0.29, 0.717) is 17.9 Å². The molecule has 3 aromatic rings. The van der Waals surface area contributed by atoms with Crippen LogP contribution in [-0.4, -0.2) is 26.0 Å². The van der Waals surface area contributed by atoms with Crippen LogP contribution < -0.4 is 10.0 Å². The van der Waals surface area contributed by atoms with Crippen LogP contribution in [0.4, 0.5) is 5.69 Å². The summed E-state index contributed by atoms with van der Waals surface area (Å²) in [7, 11) is -3.91. The Bertz CT molecular complexity index is 1030. The Morgan fingerprint density at radius 3 is 2.50 bits per heavy atom. The van der Waals surface area contributed by atoms with E-state index in [4.69, 9.17) is 4.42 Å². The monoisotopic (exact) mass is 400 g/mol. The maximum Gasteiger partial charge on any atom is 0.335 e. The standard InChI is InChI=1S/C20H20N2O5S/c23-20(24)16-8-9-18(21-14-17-7-4-12-27-17)19(13-16)28(25,26)22-11-10-15-5-2-1-3-6-15/h1-9,12-13,21-22H,10-11,14H2,(H,23,24). The van der Waals surface area contributed by atoms with Crippen molar-refractivity contribution < 1.29 is 22.7 Å². The predicted molar refractivity (Wildman–Crippen MR) is 105 cm³/mol. The van der Waals surface area contributed by atoms with Crippen LogP contribution in [0, 0.1) is 0 Å². The fraction of sp³-hybridized carbons (Fsp3) is 0.150. The third kappa shape index (κ3) is 4.99. The number of furan rings is 1. The lowest BCUT2D eigenvalue weighted by molar-refractivity contribution is 0.0696. The lowest BCUT2D eigenvalue weighted by Gasteiger charge is -2.14. The molecule has 146 valence electrons. The lowest BCUT2D eigenvalue weighted by atomic mass is 10.2. The van der Waals surface area contributed by atoms with Gasteiger partial charge in [0.15, 0.2) is 0 Å². The fourth-order valence-electron chi connectivity index (χ4n) is 2.67. The molecule has 0 radical (unpaired) electrons. The topological polar surface area (TPSA) is 109 Å². The number of nitrogens with one attached hydrogen (secondary N) is 2. The number of carboxylic acid groups (broad SMARTS) is 1. The molecule has 0 saturated heterocycles. The molecule has 0 fully saturated rings. The third-order valence-electron chi connectivity index (χ3n) is 4.10. The summed E-state index contributed by atoms with van der Waals surface area (Å²) in [6, 6.07) is 16.9. The van der Waals surface area contributed by atoms with Crippen LogP contribution >= 0.6 is 0 Å². The van der Waals surface area contributed by atoms with E-state index in [2.05, 4.69) is 10.0 Å². The minimum Gasteiger partial charge on any atom is -0.478 e. The summed E-state index contributed by atoms with van der Waals surface area (Å²) in [5, 5.41) is 12.2. The number of rotatable bonds is 9. The molecule has 3 rings (SSSR count). The van der Waals surface area contributed by atoms with Crippen molar-refractivity contribution in [2.75, 3.05) is 11.9 Å². The van der Waals surface area contributed by atoms with Gasteiger partial charge < -0.3 is 14.8 Å². The maximum absolute atomic E-state index is 12.8. The Labute approximate surface area is 163 Å². The Balaban J connectivity index is 1.79. The van der Waals surface area contributed by atoms with Gasteiger partial charge in [-0.05, 0) is 42.3 Å². The van der Waals surface area contributed by atoms with Crippen molar-refractivity contribution in [1.82, 2.24) is 4.72 Å². The van der Waals surface area contributed by atoms with Gasteiger partial charge in [0.1, 0.15) is 10.7 Å². The second kappa shape index (κ2) is 8.73. The van der Waals surface area contributed by atoms with Crippen molar-refractivity contribution in [3.63, 3.8) is 0 Å². The summed E-state index contributed by atoms with van der Waals surface area (Å²) in [4.78, 5) is 11.2. The average molecular weight is 400 g/mol. The van der Waals surface area contributed by atoms with Crippen LogP contribution in [0.15, 0.2) is 76.2 Å². The first-order valence-electron chi connectivity index (χ1n) is 8.63. The van der Waals surface area contributed by atoms with Gasteiger partial charge in [0.25, 0.3) is 0 Å². The van der Waals surface area contributed by atoms with E-state index in [0.717, 1.165) is 11.6 Å². The number of hydrogen-bond acceptors (Lipinski definition) is 5. The molecule has 1 heterocycles. The normalized spacial score (nSPS) is 11.3. The number of benzene rings is 2. The smallest absolute Gasteiger partial charge is 0.335 e. The first kappa shape index (κ1) is 19.7. The second-order valence-corrected chi connectivity index (χ2v) is 7.82. The molecule has 28 heavy (non-hydrogen) atoms. The third-order valence-corrected chi connectivity index (χ3v) is 5.60. The molecule has 8 heteroatoms. The fourth-order valence-corrected chi connectivity index (χ4v) is 3.91. The molecule has 0 aliphatic heterocycles. The van der Waals surface area contributed by atoms with Gasteiger partial charge in [-0.3, -0.25) is 0 Å². The summed E-state index contributed by atoms with van der Waals surface area (Å²) in [6.07, 6.45) is 2.04. The molecule has 0 unspecified atom stereocenters. The van der Waals surface area contributed by atoms with E-state index in [1.165, 1.54) is 18.4 Å². The highest BCUT2D eigenvalue weighted by molar-refractivity contribution is 7.89. The van der Waals surface area contributed by atoms with Gasteiger partial charge >= 0.3 is 5.97 Å². The summed E-state index contributed by atoms with van der Waals surface area (Å²) < 4.78 is 33.4. The average Bonchev–Trinajstić information content (AvgIpc) is 3.20. The number of sulfonamides is 1. The number of carboxylic acids is 1. The Morgan fingerprint density at radius 1 is 1.04 bits per heavy atom. The molecule has 1 aromatic heterocycles. The minimum absolute atomic E-state index is 0.105. The van der Waals surface area contributed by atoms with Crippen LogP contribution in [0.2, 0.25) is 0 Å². The predicted octanol–water partition coefficient (Wildman–Crippen LogP) is 3.11. The van der Waals surface area contributed by atoms with Gasteiger partial charge in [0.05, 0.1) is 24.1 Å². The van der Waals surface area contributed by atoms with Gasteiger partial charge in [0.2, 0.25) is 10.0 Å². The van der Waals surface area contributed by atoms with Crippen LogP contribution in [0.5, 0.6) is 0 Å². The maximum atomic E-state index is 12.8.